The minimum absolute atomic E-state index is 0.386. The Hall–Kier alpha value is -4.89. The monoisotopic (exact) mass is 542 g/mol. The zero-order valence-electron chi connectivity index (χ0n) is 22.8. The quantitative estimate of drug-likeness (QED) is 0.279. The van der Waals surface area contributed by atoms with Gasteiger partial charge in [-0.3, -0.25) is 19.4 Å². The third-order valence-corrected chi connectivity index (χ3v) is 7.73. The van der Waals surface area contributed by atoms with E-state index in [1.807, 2.05) is 53.1 Å². The van der Waals surface area contributed by atoms with Crippen molar-refractivity contribution in [3.05, 3.63) is 103 Å². The highest BCUT2D eigenvalue weighted by Gasteiger charge is 2.24. The number of likely N-dealkylation sites (tertiary alicyclic amines) is 1. The second-order valence-corrected chi connectivity index (χ2v) is 10.3. The van der Waals surface area contributed by atoms with E-state index >= 15 is 0 Å². The number of rotatable bonds is 7. The molecule has 1 saturated heterocycles. The molecule has 7 rings (SSSR count). The van der Waals surface area contributed by atoms with Crippen molar-refractivity contribution in [1.29, 1.82) is 0 Å². The molecule has 9 nitrogen and oxygen atoms in total. The molecule has 0 radical (unpaired) electrons. The Kier molecular flexibility index (Phi) is 6.70. The number of ether oxygens (including phenoxy) is 1. The van der Waals surface area contributed by atoms with Gasteiger partial charge in [-0.2, -0.15) is 10.1 Å². The third kappa shape index (κ3) is 5.07. The Labute approximate surface area is 237 Å². The number of nitrogens with one attached hydrogen (secondary N) is 1. The van der Waals surface area contributed by atoms with E-state index in [-0.39, 0.29) is 0 Å². The van der Waals surface area contributed by atoms with Crippen LogP contribution in [0.5, 0.6) is 5.88 Å². The summed E-state index contributed by atoms with van der Waals surface area (Å²) in [5, 5.41) is 7.55. The molecule has 1 aliphatic heterocycles. The molecule has 1 fully saturated rings. The van der Waals surface area contributed by atoms with Crippen molar-refractivity contribution in [2.45, 2.75) is 25.3 Å². The molecule has 0 bridgehead atoms. The topological polar surface area (TPSA) is 97.1 Å². The molecule has 0 spiro atoms. The van der Waals surface area contributed by atoms with Crippen molar-refractivity contribution < 1.29 is 4.74 Å². The second-order valence-electron chi connectivity index (χ2n) is 10.3. The lowest BCUT2D eigenvalue weighted by Crippen LogP contribution is -2.32. The number of methoxy groups -OCH3 is 1. The number of fused-ring (bicyclic) bond motifs is 1. The van der Waals surface area contributed by atoms with Crippen LogP contribution < -0.4 is 4.74 Å². The maximum absolute atomic E-state index is 5.34. The van der Waals surface area contributed by atoms with Crippen molar-refractivity contribution in [2.75, 3.05) is 20.2 Å². The number of H-pyrrole nitrogens is 1. The zero-order chi connectivity index (χ0) is 27.6. The molecule has 9 heteroatoms. The fraction of sp³-hybridized carbons (Fsp3) is 0.219. The van der Waals surface area contributed by atoms with Crippen LogP contribution in [0.15, 0.2) is 91.3 Å². The largest absolute Gasteiger partial charge is 0.481 e. The molecule has 0 saturated carbocycles. The number of imidazole rings is 1. The summed E-state index contributed by atoms with van der Waals surface area (Å²) in [4.78, 5) is 21.1. The predicted octanol–water partition coefficient (Wildman–Crippen LogP) is 5.63. The van der Waals surface area contributed by atoms with Gasteiger partial charge in [0.2, 0.25) is 11.7 Å². The molecule has 0 amide bonds. The number of pyridine rings is 1. The standard InChI is InChI=1S/C32H30N8O/c1-41-27-16-20-40-29(24-7-3-2-4-8-24)28(35-32(40)34-27)23-12-10-22(11-13-23)21-39-18-14-25(15-19-39)30-36-31(38-37-30)26-9-5-6-17-33-26/h2-13,16-17,20,25H,14-15,18-19,21H2,1H3,(H,36,37,38). The molecule has 6 aromatic rings. The van der Waals surface area contributed by atoms with E-state index in [1.165, 1.54) is 5.56 Å². The molecule has 2 aromatic carbocycles. The Morgan fingerprint density at radius 3 is 2.41 bits per heavy atom. The van der Waals surface area contributed by atoms with Crippen LogP contribution in [-0.2, 0) is 6.54 Å². The van der Waals surface area contributed by atoms with Crippen molar-refractivity contribution >= 4 is 5.78 Å². The Balaban J connectivity index is 1.05. The van der Waals surface area contributed by atoms with Gasteiger partial charge in [-0.15, -0.1) is 0 Å². The summed E-state index contributed by atoms with van der Waals surface area (Å²) in [7, 11) is 1.62. The van der Waals surface area contributed by atoms with E-state index in [0.29, 0.717) is 23.4 Å². The van der Waals surface area contributed by atoms with E-state index in [0.717, 1.165) is 66.5 Å². The summed E-state index contributed by atoms with van der Waals surface area (Å²) in [5.41, 5.74) is 6.16. The van der Waals surface area contributed by atoms with Crippen molar-refractivity contribution in [3.8, 4) is 39.9 Å². The first-order valence-corrected chi connectivity index (χ1v) is 13.9. The van der Waals surface area contributed by atoms with E-state index < -0.39 is 0 Å². The molecule has 0 aliphatic carbocycles. The molecule has 0 unspecified atom stereocenters. The van der Waals surface area contributed by atoms with Gasteiger partial charge in [0.25, 0.3) is 0 Å². The molecule has 1 aliphatic rings. The van der Waals surface area contributed by atoms with Crippen LogP contribution in [0.2, 0.25) is 0 Å². The number of hydrogen-bond acceptors (Lipinski definition) is 7. The Morgan fingerprint density at radius 2 is 1.66 bits per heavy atom. The average molecular weight is 543 g/mol. The number of nitrogens with zero attached hydrogens (tertiary/aromatic N) is 7. The molecule has 204 valence electrons. The predicted molar refractivity (Wildman–Crippen MR) is 157 cm³/mol. The van der Waals surface area contributed by atoms with Gasteiger partial charge in [-0.25, -0.2) is 9.97 Å². The highest BCUT2D eigenvalue weighted by atomic mass is 16.5. The highest BCUT2D eigenvalue weighted by molar-refractivity contribution is 5.81. The lowest BCUT2D eigenvalue weighted by molar-refractivity contribution is 0.202. The minimum atomic E-state index is 0.386. The normalized spacial score (nSPS) is 14.5. The van der Waals surface area contributed by atoms with Crippen LogP contribution in [-0.4, -0.2) is 59.6 Å². The lowest BCUT2D eigenvalue weighted by atomic mass is 9.95. The first kappa shape index (κ1) is 25.1. The second kappa shape index (κ2) is 10.9. The van der Waals surface area contributed by atoms with E-state index in [9.17, 15) is 0 Å². The van der Waals surface area contributed by atoms with Gasteiger partial charge in [0.05, 0.1) is 18.5 Å². The van der Waals surface area contributed by atoms with Gasteiger partial charge in [0, 0.05) is 42.0 Å². The fourth-order valence-corrected chi connectivity index (χ4v) is 5.56. The first-order chi connectivity index (χ1) is 20.2. The summed E-state index contributed by atoms with van der Waals surface area (Å²) in [6.07, 6.45) is 5.83. The van der Waals surface area contributed by atoms with Crippen molar-refractivity contribution in [2.24, 2.45) is 0 Å². The van der Waals surface area contributed by atoms with Crippen LogP contribution in [0.1, 0.15) is 30.1 Å². The lowest BCUT2D eigenvalue weighted by Gasteiger charge is -2.30. The van der Waals surface area contributed by atoms with Crippen LogP contribution in [0.25, 0.3) is 39.8 Å². The Bertz CT molecular complexity index is 1750. The van der Waals surface area contributed by atoms with Gasteiger partial charge in [-0.1, -0.05) is 60.7 Å². The summed E-state index contributed by atoms with van der Waals surface area (Å²) in [5.74, 6) is 3.17. The SMILES string of the molecule is COc1ccn2c(-c3ccccc3)c(-c3ccc(CN4CCC(c5nc(-c6ccccn6)n[nH]5)CC4)cc3)nc2n1. The number of aromatic amines is 1. The molecule has 1 N–H and O–H groups in total. The number of benzene rings is 2. The molecule has 5 heterocycles. The third-order valence-electron chi connectivity index (χ3n) is 7.73. The Morgan fingerprint density at radius 1 is 0.854 bits per heavy atom. The van der Waals surface area contributed by atoms with E-state index in [4.69, 9.17) is 14.7 Å². The number of hydrogen-bond donors (Lipinski definition) is 1. The maximum atomic E-state index is 5.34. The van der Waals surface area contributed by atoms with Crippen LogP contribution >= 0.6 is 0 Å². The fourth-order valence-electron chi connectivity index (χ4n) is 5.56. The molecular formula is C32H30N8O. The van der Waals surface area contributed by atoms with Gasteiger partial charge in [-0.05, 0) is 43.6 Å². The van der Waals surface area contributed by atoms with E-state index in [2.05, 4.69) is 61.5 Å². The van der Waals surface area contributed by atoms with Crippen LogP contribution in [0, 0.1) is 0 Å². The average Bonchev–Trinajstić information content (AvgIpc) is 3.68. The van der Waals surface area contributed by atoms with Crippen LogP contribution in [0.4, 0.5) is 0 Å². The highest BCUT2D eigenvalue weighted by Crippen LogP contribution is 2.33. The van der Waals surface area contributed by atoms with Gasteiger partial charge in [0.1, 0.15) is 11.5 Å². The maximum Gasteiger partial charge on any atom is 0.238 e. The molecule has 0 atom stereocenters. The smallest absolute Gasteiger partial charge is 0.238 e. The summed E-state index contributed by atoms with van der Waals surface area (Å²) < 4.78 is 7.37. The molecule has 4 aromatic heterocycles. The number of piperidine rings is 1. The molecule has 41 heavy (non-hydrogen) atoms. The minimum Gasteiger partial charge on any atom is -0.481 e. The van der Waals surface area contributed by atoms with Gasteiger partial charge < -0.3 is 4.74 Å². The van der Waals surface area contributed by atoms with Crippen molar-refractivity contribution in [3.63, 3.8) is 0 Å². The summed E-state index contributed by atoms with van der Waals surface area (Å²) >= 11 is 0. The van der Waals surface area contributed by atoms with Crippen LogP contribution in [0.3, 0.4) is 0 Å². The zero-order valence-corrected chi connectivity index (χ0v) is 22.8. The van der Waals surface area contributed by atoms with E-state index in [1.54, 1.807) is 13.3 Å². The summed E-state index contributed by atoms with van der Waals surface area (Å²) in [6, 6.07) is 26.7. The van der Waals surface area contributed by atoms with Gasteiger partial charge in [0.15, 0.2) is 5.82 Å². The first-order valence-electron chi connectivity index (χ1n) is 13.9. The van der Waals surface area contributed by atoms with Crippen molar-refractivity contribution in [1.82, 2.24) is 39.4 Å². The number of aromatic nitrogens is 7. The summed E-state index contributed by atoms with van der Waals surface area (Å²) in [6.45, 7) is 2.95. The molecular weight excluding hydrogens is 512 g/mol. The van der Waals surface area contributed by atoms with Gasteiger partial charge >= 0.3 is 0 Å².